The van der Waals surface area contributed by atoms with Gasteiger partial charge in [0.2, 0.25) is 11.6 Å². The molecule has 0 fully saturated rings. The van der Waals surface area contributed by atoms with E-state index in [9.17, 15) is 53.0 Å². The fourth-order valence-electron chi connectivity index (χ4n) is 1.93. The van der Waals surface area contributed by atoms with Crippen LogP contribution in [0.3, 0.4) is 0 Å². The van der Waals surface area contributed by atoms with Crippen LogP contribution in [0.4, 0.5) is 43.9 Å². The van der Waals surface area contributed by atoms with Gasteiger partial charge in [-0.1, -0.05) is 0 Å². The van der Waals surface area contributed by atoms with Gasteiger partial charge in [-0.2, -0.15) is 0 Å². The molecule has 0 aliphatic carbocycles. The Labute approximate surface area is 172 Å². The summed E-state index contributed by atoms with van der Waals surface area (Å²) in [6.07, 6.45) is 0.425. The first-order valence-corrected chi connectivity index (χ1v) is 9.77. The minimum atomic E-state index is -2.62. The smallest absolute Gasteiger partial charge is 0.200 e. The van der Waals surface area contributed by atoms with Crippen molar-refractivity contribution in [3.05, 3.63) is 80.1 Å². The molecule has 0 aromatic heterocycles. The van der Waals surface area contributed by atoms with Crippen LogP contribution in [0.1, 0.15) is 11.1 Å². The monoisotopic (exact) mass is 497 g/mol. The Hall–Kier alpha value is -2.20. The third-order valence-corrected chi connectivity index (χ3v) is 5.45. The molecular weight excluding hydrogens is 492 g/mol. The van der Waals surface area contributed by atoms with E-state index in [1.807, 2.05) is 0 Å². The Bertz CT molecular complexity index is 938. The third-order valence-electron chi connectivity index (χ3n) is 3.37. The highest BCUT2D eigenvalue weighted by Gasteiger charge is 2.26. The van der Waals surface area contributed by atoms with Crippen LogP contribution in [-0.4, -0.2) is 9.11 Å². The summed E-state index contributed by atoms with van der Waals surface area (Å²) < 4.78 is 157. The van der Waals surface area contributed by atoms with Crippen molar-refractivity contribution in [2.24, 2.45) is 0 Å². The lowest BCUT2D eigenvalue weighted by molar-refractivity contribution is 0.377. The van der Waals surface area contributed by atoms with Crippen molar-refractivity contribution in [1.29, 1.82) is 0 Å². The zero-order valence-electron chi connectivity index (χ0n) is 14.2. The molecule has 0 saturated heterocycles. The van der Waals surface area contributed by atoms with Crippen LogP contribution in [0, 0.1) is 58.2 Å². The van der Waals surface area contributed by atoms with Crippen LogP contribution >= 0.6 is 0 Å². The van der Waals surface area contributed by atoms with Gasteiger partial charge < -0.3 is 9.11 Å². The normalized spacial score (nSPS) is 14.1. The molecule has 0 radical (unpaired) electrons. The molecule has 0 aliphatic rings. The van der Waals surface area contributed by atoms with Gasteiger partial charge in [-0.15, -0.1) is 0 Å². The van der Waals surface area contributed by atoms with Crippen molar-refractivity contribution < 1.29 is 53.0 Å². The van der Waals surface area contributed by atoms with Gasteiger partial charge >= 0.3 is 0 Å². The Morgan fingerprint density at radius 1 is 0.452 bits per heavy atom. The Kier molecular flexibility index (Phi) is 8.04. The van der Waals surface area contributed by atoms with Crippen LogP contribution < -0.4 is 4.13 Å². The second-order valence-corrected chi connectivity index (χ2v) is 7.65. The Balaban J connectivity index is 2.17. The fourth-order valence-corrected chi connectivity index (χ4v) is 3.54. The summed E-state index contributed by atoms with van der Waals surface area (Å²) in [5.41, 5.74) is -2.93. The van der Waals surface area contributed by atoms with Crippen molar-refractivity contribution in [3.63, 3.8) is 0 Å². The molecule has 0 spiro atoms. The molecular formula is C16H5F10NO2S2. The molecule has 0 saturated carbocycles. The topological polar surface area (TPSA) is 58.1 Å². The summed E-state index contributed by atoms with van der Waals surface area (Å²) in [5.74, 6) is -22.9. The maximum Gasteiger partial charge on any atom is 0.200 e. The first-order valence-electron chi connectivity index (χ1n) is 7.35. The van der Waals surface area contributed by atoms with E-state index in [1.54, 1.807) is 4.13 Å². The predicted molar refractivity (Wildman–Crippen MR) is 90.0 cm³/mol. The second kappa shape index (κ2) is 9.95. The molecule has 2 rings (SSSR count). The van der Waals surface area contributed by atoms with E-state index in [-0.39, 0.29) is 12.2 Å². The van der Waals surface area contributed by atoms with E-state index in [1.165, 1.54) is 0 Å². The molecule has 3 nitrogen and oxygen atoms in total. The van der Waals surface area contributed by atoms with Crippen molar-refractivity contribution in [2.75, 3.05) is 0 Å². The number of halogens is 10. The van der Waals surface area contributed by atoms with Gasteiger partial charge in [-0.05, 0) is 0 Å². The van der Waals surface area contributed by atoms with Crippen molar-refractivity contribution in [1.82, 2.24) is 4.13 Å². The van der Waals surface area contributed by atoms with E-state index in [4.69, 9.17) is 0 Å². The van der Waals surface area contributed by atoms with E-state index in [0.717, 1.165) is 0 Å². The highest BCUT2D eigenvalue weighted by Crippen LogP contribution is 2.25. The van der Waals surface area contributed by atoms with Crippen LogP contribution in [0.15, 0.2) is 10.8 Å². The lowest BCUT2D eigenvalue weighted by atomic mass is 10.1. The van der Waals surface area contributed by atoms with Crippen LogP contribution in [0.25, 0.3) is 12.2 Å². The Morgan fingerprint density at radius 2 is 0.677 bits per heavy atom. The summed E-state index contributed by atoms with van der Waals surface area (Å²) in [4.78, 5) is 0. The van der Waals surface area contributed by atoms with Gasteiger partial charge in [0, 0.05) is 16.3 Å². The first-order chi connectivity index (χ1) is 14.4. The van der Waals surface area contributed by atoms with Gasteiger partial charge in [-0.3, -0.25) is 0 Å². The van der Waals surface area contributed by atoms with Crippen molar-refractivity contribution >= 4 is 34.9 Å². The second-order valence-electron chi connectivity index (χ2n) is 5.25. The summed E-state index contributed by atoms with van der Waals surface area (Å²) in [6, 6.07) is 0. The number of nitrogens with one attached hydrogen (secondary N) is 1. The summed E-state index contributed by atoms with van der Waals surface area (Å²) in [6.45, 7) is 0. The van der Waals surface area contributed by atoms with E-state index in [2.05, 4.69) is 0 Å². The average Bonchev–Trinajstić information content (AvgIpc) is 2.73. The molecule has 31 heavy (non-hydrogen) atoms. The van der Waals surface area contributed by atoms with Crippen LogP contribution in [0.5, 0.6) is 0 Å². The van der Waals surface area contributed by atoms with E-state index >= 15 is 0 Å². The van der Waals surface area contributed by atoms with Crippen LogP contribution in [-0.2, 0) is 22.7 Å². The first kappa shape index (κ1) is 25.1. The number of hydrogen-bond donors (Lipinski definition) is 1. The average molecular weight is 497 g/mol. The summed E-state index contributed by atoms with van der Waals surface area (Å²) in [5, 5.41) is 0.644. The van der Waals surface area contributed by atoms with Crippen molar-refractivity contribution in [2.45, 2.75) is 0 Å². The molecule has 2 aromatic carbocycles. The van der Waals surface area contributed by atoms with E-state index in [0.29, 0.717) is 10.8 Å². The molecule has 2 aromatic rings. The highest BCUT2D eigenvalue weighted by molar-refractivity contribution is 8.07. The SMILES string of the molecule is [O-][S+](C=Cc1c(F)c(F)c(F)c(F)c1F)N[S+]([O-])C=Cc1c(F)c(F)c(F)c(F)c1F. The predicted octanol–water partition coefficient (Wildman–Crippen LogP) is 4.64. The summed E-state index contributed by atoms with van der Waals surface area (Å²) in [7, 11) is 0. The molecule has 0 amide bonds. The van der Waals surface area contributed by atoms with Gasteiger partial charge in [0.05, 0.1) is 11.1 Å². The number of rotatable bonds is 6. The van der Waals surface area contributed by atoms with E-state index < -0.39 is 92.0 Å². The maximum absolute atomic E-state index is 13.5. The summed E-state index contributed by atoms with van der Waals surface area (Å²) >= 11 is -5.23. The quantitative estimate of drug-likeness (QED) is 0.274. The van der Waals surface area contributed by atoms with Gasteiger partial charge in [0.25, 0.3) is 0 Å². The molecule has 0 heterocycles. The highest BCUT2D eigenvalue weighted by atomic mass is 32.3. The zero-order valence-corrected chi connectivity index (χ0v) is 15.9. The number of benzene rings is 2. The minimum absolute atomic E-state index is 0.213. The molecule has 1 N–H and O–H groups in total. The number of hydrogen-bond acceptors (Lipinski definition) is 3. The molecule has 0 bridgehead atoms. The molecule has 2 atom stereocenters. The maximum atomic E-state index is 13.5. The van der Waals surface area contributed by atoms with Gasteiger partial charge in [0.1, 0.15) is 33.5 Å². The zero-order chi connectivity index (χ0) is 23.6. The fraction of sp³-hybridized carbons (Fsp3) is 0. The standard InChI is InChI=1S/C16H5F10NO2S2/c17-7-5(8(18)12(22)15(25)11(7)21)1-3-30(28)27-31(29)4-2-6-9(19)13(23)16(26)14(24)10(6)20/h1-4,27H. The lowest BCUT2D eigenvalue weighted by Gasteiger charge is -2.08. The minimum Gasteiger partial charge on any atom is -0.590 e. The Morgan fingerprint density at radius 3 is 0.935 bits per heavy atom. The third kappa shape index (κ3) is 5.17. The van der Waals surface area contributed by atoms with Crippen LogP contribution in [0.2, 0.25) is 0 Å². The van der Waals surface area contributed by atoms with Gasteiger partial charge in [0.15, 0.2) is 46.5 Å². The van der Waals surface area contributed by atoms with Crippen molar-refractivity contribution in [3.8, 4) is 0 Å². The molecule has 15 heteroatoms. The molecule has 0 aliphatic heterocycles. The van der Waals surface area contributed by atoms with Gasteiger partial charge in [-0.25, -0.2) is 43.9 Å². The molecule has 2 unspecified atom stereocenters. The molecule has 168 valence electrons. The lowest BCUT2D eigenvalue weighted by Crippen LogP contribution is -2.27. The largest absolute Gasteiger partial charge is 0.590 e.